The average molecular weight is 674 g/mol. The van der Waals surface area contributed by atoms with E-state index in [9.17, 15) is 27.9 Å². The molecule has 244 valence electrons. The van der Waals surface area contributed by atoms with Gasteiger partial charge in [0, 0.05) is 36.2 Å². The van der Waals surface area contributed by atoms with Crippen molar-refractivity contribution in [2.45, 2.75) is 38.8 Å². The summed E-state index contributed by atoms with van der Waals surface area (Å²) >= 11 is 12.0. The summed E-state index contributed by atoms with van der Waals surface area (Å²) in [5, 5.41) is 10.2. The summed E-state index contributed by atoms with van der Waals surface area (Å²) in [6.45, 7) is 2.62. The lowest BCUT2D eigenvalue weighted by atomic mass is 10.1. The van der Waals surface area contributed by atoms with Crippen molar-refractivity contribution in [2.24, 2.45) is 0 Å². The Morgan fingerprint density at radius 1 is 0.911 bits per heavy atom. The summed E-state index contributed by atoms with van der Waals surface area (Å²) in [5.41, 5.74) is 1.49. The molecule has 0 heterocycles. The summed E-state index contributed by atoms with van der Waals surface area (Å²) in [5.74, 6) is -1.66. The normalized spacial score (nSPS) is 12.0. The van der Waals surface area contributed by atoms with Gasteiger partial charge in [0.1, 0.15) is 12.4 Å². The van der Waals surface area contributed by atoms with Crippen LogP contribution in [-0.2, 0) is 27.3 Å². The van der Waals surface area contributed by atoms with E-state index in [1.807, 2.05) is 0 Å². The first-order chi connectivity index (χ1) is 21.4. The zero-order chi connectivity index (χ0) is 32.8. The molecule has 0 saturated heterocycles. The number of alkyl halides is 3. The molecular weight excluding hydrogens is 642 g/mol. The van der Waals surface area contributed by atoms with E-state index in [1.54, 1.807) is 49.4 Å². The number of halogens is 5. The third-order valence-corrected chi connectivity index (χ3v) is 6.49. The molecule has 0 radical (unpaired) electrons. The van der Waals surface area contributed by atoms with Crippen molar-refractivity contribution in [3.63, 3.8) is 0 Å². The van der Waals surface area contributed by atoms with Gasteiger partial charge in [-0.3, -0.25) is 0 Å². The molecule has 1 atom stereocenters. The van der Waals surface area contributed by atoms with E-state index in [-0.39, 0.29) is 45.9 Å². The predicted octanol–water partition coefficient (Wildman–Crippen LogP) is 7.41. The number of ether oxygens (including phenoxy) is 5. The molecule has 0 aliphatic carbocycles. The molecular formula is C31H32Cl2F3NO8. The molecule has 45 heavy (non-hydrogen) atoms. The fourth-order valence-electron chi connectivity index (χ4n) is 4.07. The first kappa shape index (κ1) is 35.8. The smallest absolute Gasteiger partial charge is 0.492 e. The maximum Gasteiger partial charge on any atom is 0.573 e. The lowest BCUT2D eigenvalue weighted by Gasteiger charge is -2.23. The number of aliphatic carboxylic acids is 1. The van der Waals surface area contributed by atoms with Gasteiger partial charge in [0.15, 0.2) is 17.6 Å². The van der Waals surface area contributed by atoms with Gasteiger partial charge in [-0.2, -0.15) is 0 Å². The summed E-state index contributed by atoms with van der Waals surface area (Å²) < 4.78 is 64.5. The summed E-state index contributed by atoms with van der Waals surface area (Å²) in [6, 6.07) is 16.7. The van der Waals surface area contributed by atoms with Crippen molar-refractivity contribution in [3.05, 3.63) is 87.9 Å². The van der Waals surface area contributed by atoms with E-state index in [2.05, 4.69) is 4.74 Å². The van der Waals surface area contributed by atoms with Crippen molar-refractivity contribution < 1.29 is 51.6 Å². The maximum absolute atomic E-state index is 13.1. The van der Waals surface area contributed by atoms with E-state index < -0.39 is 36.0 Å². The molecule has 1 unspecified atom stereocenters. The van der Waals surface area contributed by atoms with Crippen molar-refractivity contribution in [3.8, 4) is 17.2 Å². The van der Waals surface area contributed by atoms with Gasteiger partial charge in [0.05, 0.1) is 13.2 Å². The minimum atomic E-state index is -4.98. The van der Waals surface area contributed by atoms with Gasteiger partial charge >= 0.3 is 18.4 Å². The van der Waals surface area contributed by atoms with Gasteiger partial charge in [0.25, 0.3) is 0 Å². The van der Waals surface area contributed by atoms with Crippen LogP contribution in [0.25, 0.3) is 0 Å². The van der Waals surface area contributed by atoms with Crippen LogP contribution >= 0.6 is 23.2 Å². The molecule has 1 amide bonds. The SMILES string of the molecule is CCOC(Cc1ccc(OCCN(CCCOCc2cc(Cl)cc(Cl)c2)C(=O)Oc2ccccc2OC(F)(F)F)cc1)C(=O)O. The highest BCUT2D eigenvalue weighted by Gasteiger charge is 2.33. The quantitative estimate of drug-likeness (QED) is 0.148. The van der Waals surface area contributed by atoms with Crippen molar-refractivity contribution in [1.82, 2.24) is 4.90 Å². The number of carboxylic acid groups (broad SMARTS) is 1. The monoisotopic (exact) mass is 673 g/mol. The molecule has 9 nitrogen and oxygen atoms in total. The number of hydrogen-bond acceptors (Lipinski definition) is 7. The summed E-state index contributed by atoms with van der Waals surface area (Å²) in [6.07, 6.45) is -6.32. The van der Waals surface area contributed by atoms with Crippen LogP contribution in [0.15, 0.2) is 66.7 Å². The minimum absolute atomic E-state index is 0.0215. The lowest BCUT2D eigenvalue weighted by molar-refractivity contribution is -0.275. The highest BCUT2D eigenvalue weighted by Crippen LogP contribution is 2.32. The molecule has 3 rings (SSSR count). The third kappa shape index (κ3) is 13.0. The predicted molar refractivity (Wildman–Crippen MR) is 160 cm³/mol. The molecule has 3 aromatic rings. The van der Waals surface area contributed by atoms with Gasteiger partial charge in [-0.15, -0.1) is 13.2 Å². The zero-order valence-electron chi connectivity index (χ0n) is 24.2. The van der Waals surface area contributed by atoms with Gasteiger partial charge in [-0.05, 0) is 66.9 Å². The first-order valence-electron chi connectivity index (χ1n) is 13.8. The Kier molecular flexibility index (Phi) is 14.1. The van der Waals surface area contributed by atoms with E-state index in [4.69, 9.17) is 42.1 Å². The number of nitrogens with zero attached hydrogens (tertiary/aromatic N) is 1. The second kappa shape index (κ2) is 17.7. The second-order valence-electron chi connectivity index (χ2n) is 9.51. The average Bonchev–Trinajstić information content (AvgIpc) is 2.96. The number of carbonyl (C=O) groups excluding carboxylic acids is 1. The van der Waals surface area contributed by atoms with Gasteiger partial charge in [-0.25, -0.2) is 9.59 Å². The Bertz CT molecular complexity index is 1370. The second-order valence-corrected chi connectivity index (χ2v) is 10.4. The van der Waals surface area contributed by atoms with Crippen LogP contribution in [0.3, 0.4) is 0 Å². The highest BCUT2D eigenvalue weighted by molar-refractivity contribution is 6.34. The number of benzene rings is 3. The van der Waals surface area contributed by atoms with Crippen LogP contribution in [0.4, 0.5) is 18.0 Å². The van der Waals surface area contributed by atoms with E-state index in [1.165, 1.54) is 23.1 Å². The standard InChI is InChI=1S/C31H32Cl2F3NO8/c1-2-42-28(29(38)39)18-21-8-10-25(11-9-21)43-15-13-37(12-5-14-41-20-22-16-23(32)19-24(33)17-22)30(40)44-26-6-3-4-7-27(26)45-31(34,35)36/h3-4,6-11,16-17,19,28H,2,5,12-15,18,20H2,1H3,(H,38,39). The number of carboxylic acids is 1. The molecule has 0 spiro atoms. The molecule has 1 N–H and O–H groups in total. The largest absolute Gasteiger partial charge is 0.573 e. The molecule has 0 saturated carbocycles. The number of hydrogen-bond donors (Lipinski definition) is 1. The third-order valence-electron chi connectivity index (χ3n) is 6.06. The number of carbonyl (C=O) groups is 2. The van der Waals surface area contributed by atoms with Gasteiger partial charge in [-0.1, -0.05) is 47.5 Å². The molecule has 0 aliphatic rings. The molecule has 3 aromatic carbocycles. The van der Waals surface area contributed by atoms with Crippen LogP contribution in [-0.4, -0.2) is 67.4 Å². The van der Waals surface area contributed by atoms with Crippen LogP contribution in [0, 0.1) is 0 Å². The molecule has 0 bridgehead atoms. The van der Waals surface area contributed by atoms with Crippen LogP contribution in [0.5, 0.6) is 17.2 Å². The van der Waals surface area contributed by atoms with E-state index in [0.29, 0.717) is 22.2 Å². The Labute approximate surface area is 268 Å². The summed E-state index contributed by atoms with van der Waals surface area (Å²) in [7, 11) is 0. The fraction of sp³-hybridized carbons (Fsp3) is 0.355. The Morgan fingerprint density at radius 2 is 1.58 bits per heavy atom. The molecule has 0 aromatic heterocycles. The first-order valence-corrected chi connectivity index (χ1v) is 14.6. The van der Waals surface area contributed by atoms with Crippen molar-refractivity contribution >= 4 is 35.3 Å². The van der Waals surface area contributed by atoms with Crippen molar-refractivity contribution in [1.29, 1.82) is 0 Å². The van der Waals surface area contributed by atoms with Crippen LogP contribution in [0.2, 0.25) is 10.0 Å². The highest BCUT2D eigenvalue weighted by atomic mass is 35.5. The maximum atomic E-state index is 13.1. The Morgan fingerprint density at radius 3 is 2.20 bits per heavy atom. The van der Waals surface area contributed by atoms with Crippen LogP contribution in [0.1, 0.15) is 24.5 Å². The zero-order valence-corrected chi connectivity index (χ0v) is 25.7. The van der Waals surface area contributed by atoms with E-state index in [0.717, 1.165) is 17.2 Å². The fourth-order valence-corrected chi connectivity index (χ4v) is 4.64. The topological polar surface area (TPSA) is 104 Å². The lowest BCUT2D eigenvalue weighted by Crippen LogP contribution is -2.38. The van der Waals surface area contributed by atoms with E-state index >= 15 is 0 Å². The number of rotatable bonds is 17. The number of para-hydroxylation sites is 2. The minimum Gasteiger partial charge on any atom is -0.492 e. The molecule has 0 aliphatic heterocycles. The van der Waals surface area contributed by atoms with Gasteiger partial charge < -0.3 is 33.7 Å². The summed E-state index contributed by atoms with van der Waals surface area (Å²) in [4.78, 5) is 25.7. The Hall–Kier alpha value is -3.71. The van der Waals surface area contributed by atoms with Gasteiger partial charge in [0.2, 0.25) is 0 Å². The Balaban J connectivity index is 1.60. The van der Waals surface area contributed by atoms with Crippen molar-refractivity contribution in [2.75, 3.05) is 32.9 Å². The number of amides is 1. The molecule has 0 fully saturated rings. The van der Waals surface area contributed by atoms with Crippen LogP contribution < -0.4 is 14.2 Å². The molecule has 14 heteroatoms.